The van der Waals surface area contributed by atoms with Crippen LogP contribution in [0.2, 0.25) is 0 Å². The van der Waals surface area contributed by atoms with E-state index in [2.05, 4.69) is 21.0 Å². The van der Waals surface area contributed by atoms with E-state index >= 15 is 0 Å². The maximum absolute atomic E-state index is 13.1. The molecule has 0 saturated heterocycles. The molecule has 0 saturated carbocycles. The lowest BCUT2D eigenvalue weighted by atomic mass is 9.99. The number of amides is 1. The summed E-state index contributed by atoms with van der Waals surface area (Å²) in [6.07, 6.45) is -13.1. The van der Waals surface area contributed by atoms with E-state index in [1.807, 2.05) is 56.6 Å². The van der Waals surface area contributed by atoms with Crippen molar-refractivity contribution >= 4 is 34.6 Å². The quantitative estimate of drug-likeness (QED) is 0.186. The predicted molar refractivity (Wildman–Crippen MR) is 150 cm³/mol. The van der Waals surface area contributed by atoms with E-state index in [9.17, 15) is 44.3 Å². The lowest BCUT2D eigenvalue weighted by Crippen LogP contribution is -2.21. The molecule has 0 fully saturated rings. The van der Waals surface area contributed by atoms with E-state index in [0.717, 1.165) is 46.3 Å². The molecule has 47 heavy (non-hydrogen) atoms. The highest BCUT2D eigenvalue weighted by Gasteiger charge is 2.39. The Labute approximate surface area is 259 Å². The van der Waals surface area contributed by atoms with Gasteiger partial charge in [-0.25, -0.2) is 14.4 Å². The molecule has 0 aliphatic heterocycles. The van der Waals surface area contributed by atoms with Crippen LogP contribution in [0.25, 0.3) is 22.0 Å². The largest absolute Gasteiger partial charge is 0.573 e. The molecule has 0 spiro atoms. The number of carbonyl (C=O) groups excluding carboxylic acids is 1. The molecule has 0 atom stereocenters. The first-order chi connectivity index (χ1) is 21.6. The standard InChI is InChI=1S/C25H22F3N3O2.2C2HF3O2/c1-30(2)15-17-7-3-4-8-20(17)22-16-31(23-10-6-5-9-21(22)23)24(32)29-18-11-13-19(14-12-18)33-25(26,27)28;2*3-2(4,5)1(6)7/h3-14,16H,15H2,1-2H3,(H,29,32);2*(H,6,7). The fourth-order valence-corrected chi connectivity index (χ4v) is 3.75. The van der Waals surface area contributed by atoms with Crippen molar-refractivity contribution < 1.29 is 68.8 Å². The number of fused-ring (bicyclic) bond motifs is 1. The second-order valence-corrected chi connectivity index (χ2v) is 9.43. The van der Waals surface area contributed by atoms with Gasteiger partial charge in [-0.2, -0.15) is 26.3 Å². The third kappa shape index (κ3) is 11.9. The number of anilines is 1. The molecule has 3 N–H and O–H groups in total. The minimum absolute atomic E-state index is 0.349. The van der Waals surface area contributed by atoms with E-state index < -0.39 is 36.7 Å². The van der Waals surface area contributed by atoms with Crippen molar-refractivity contribution in [1.82, 2.24) is 9.47 Å². The number of ether oxygens (including phenoxy) is 1. The van der Waals surface area contributed by atoms with Crippen LogP contribution in [0.4, 0.5) is 50.0 Å². The first-order valence-corrected chi connectivity index (χ1v) is 12.7. The van der Waals surface area contributed by atoms with Crippen molar-refractivity contribution in [2.45, 2.75) is 25.3 Å². The molecule has 0 aliphatic carbocycles. The number of nitrogens with one attached hydrogen (secondary N) is 1. The van der Waals surface area contributed by atoms with Gasteiger partial charge in [-0.3, -0.25) is 4.57 Å². The zero-order valence-electron chi connectivity index (χ0n) is 24.0. The highest BCUT2D eigenvalue weighted by Crippen LogP contribution is 2.33. The molecule has 0 bridgehead atoms. The van der Waals surface area contributed by atoms with Crippen LogP contribution in [0, 0.1) is 0 Å². The van der Waals surface area contributed by atoms with Crippen molar-refractivity contribution in [2.24, 2.45) is 0 Å². The molecule has 3 aromatic carbocycles. The first-order valence-electron chi connectivity index (χ1n) is 12.7. The monoisotopic (exact) mass is 681 g/mol. The molecule has 4 rings (SSSR count). The highest BCUT2D eigenvalue weighted by molar-refractivity contribution is 6.05. The number of carboxylic acid groups (broad SMARTS) is 2. The highest BCUT2D eigenvalue weighted by atomic mass is 19.4. The summed E-state index contributed by atoms with van der Waals surface area (Å²) in [4.78, 5) is 33.0. The molecule has 9 nitrogen and oxygen atoms in total. The van der Waals surface area contributed by atoms with Gasteiger partial charge in [0.15, 0.2) is 0 Å². The molecule has 1 amide bonds. The van der Waals surface area contributed by atoms with Crippen LogP contribution < -0.4 is 10.1 Å². The smallest absolute Gasteiger partial charge is 0.475 e. The fourth-order valence-electron chi connectivity index (χ4n) is 3.75. The second-order valence-electron chi connectivity index (χ2n) is 9.43. The second kappa shape index (κ2) is 15.4. The van der Waals surface area contributed by atoms with Crippen LogP contribution in [0.1, 0.15) is 5.56 Å². The number of carbonyl (C=O) groups is 3. The number of rotatable bonds is 5. The molecule has 0 unspecified atom stereocenters. The van der Waals surface area contributed by atoms with E-state index in [4.69, 9.17) is 19.8 Å². The number of hydrogen-bond acceptors (Lipinski definition) is 5. The Morgan fingerprint density at radius 3 is 1.72 bits per heavy atom. The van der Waals surface area contributed by atoms with Crippen LogP contribution in [-0.2, 0) is 16.1 Å². The van der Waals surface area contributed by atoms with Crippen molar-refractivity contribution in [3.63, 3.8) is 0 Å². The van der Waals surface area contributed by atoms with Crippen LogP contribution in [0.5, 0.6) is 5.75 Å². The first kappa shape index (κ1) is 37.9. The van der Waals surface area contributed by atoms with Crippen LogP contribution in [-0.4, -0.2) is 70.5 Å². The summed E-state index contributed by atoms with van der Waals surface area (Å²) < 4.78 is 106. The Hall–Kier alpha value is -5.26. The summed E-state index contributed by atoms with van der Waals surface area (Å²) in [6.45, 7) is 0.744. The number of alkyl halides is 9. The summed E-state index contributed by atoms with van der Waals surface area (Å²) in [6, 6.07) is 20.2. The maximum Gasteiger partial charge on any atom is 0.573 e. The molecular weight excluding hydrogens is 657 g/mol. The topological polar surface area (TPSA) is 121 Å². The Balaban J connectivity index is 0.000000459. The summed E-state index contributed by atoms with van der Waals surface area (Å²) in [5.41, 5.74) is 4.16. The zero-order valence-corrected chi connectivity index (χ0v) is 24.0. The van der Waals surface area contributed by atoms with Crippen molar-refractivity contribution in [2.75, 3.05) is 19.4 Å². The Kier molecular flexibility index (Phi) is 12.4. The normalized spacial score (nSPS) is 11.6. The molecule has 254 valence electrons. The summed E-state index contributed by atoms with van der Waals surface area (Å²) in [7, 11) is 4.00. The van der Waals surface area contributed by atoms with Crippen LogP contribution >= 0.6 is 0 Å². The van der Waals surface area contributed by atoms with Gasteiger partial charge in [-0.05, 0) is 55.6 Å². The molecule has 0 aliphatic rings. The van der Waals surface area contributed by atoms with E-state index in [0.29, 0.717) is 5.69 Å². The third-order valence-electron chi connectivity index (χ3n) is 5.55. The molecule has 18 heteroatoms. The van der Waals surface area contributed by atoms with Crippen LogP contribution in [0.3, 0.4) is 0 Å². The minimum atomic E-state index is -5.08. The number of hydrogen-bond donors (Lipinski definition) is 3. The molecule has 1 heterocycles. The van der Waals surface area contributed by atoms with Gasteiger partial charge in [0.1, 0.15) is 5.75 Å². The SMILES string of the molecule is CN(C)Cc1ccccc1-c1cn(C(=O)Nc2ccc(OC(F)(F)F)cc2)c2ccccc12.O=C(O)C(F)(F)F.O=C(O)C(F)(F)F. The van der Waals surface area contributed by atoms with Gasteiger partial charge in [-0.1, -0.05) is 42.5 Å². The summed E-state index contributed by atoms with van der Waals surface area (Å²) in [5.74, 6) is -5.87. The van der Waals surface area contributed by atoms with Gasteiger partial charge < -0.3 is 25.2 Å². The van der Waals surface area contributed by atoms with Gasteiger partial charge in [0.2, 0.25) is 0 Å². The third-order valence-corrected chi connectivity index (χ3v) is 5.55. The van der Waals surface area contributed by atoms with E-state index in [-0.39, 0.29) is 5.75 Å². The summed E-state index contributed by atoms with van der Waals surface area (Å²) >= 11 is 0. The lowest BCUT2D eigenvalue weighted by molar-refractivity contribution is -0.274. The van der Waals surface area contributed by atoms with E-state index in [1.54, 1.807) is 6.20 Å². The number of aromatic nitrogens is 1. The molecular formula is C29H24F9N3O6. The predicted octanol–water partition coefficient (Wildman–Crippen LogP) is 7.62. The molecule has 1 aromatic heterocycles. The van der Waals surface area contributed by atoms with Gasteiger partial charge in [0.25, 0.3) is 0 Å². The number of nitrogens with zero attached hydrogens (tertiary/aromatic N) is 2. The number of benzene rings is 3. The van der Waals surface area contributed by atoms with Gasteiger partial charge in [0, 0.05) is 29.4 Å². The van der Waals surface area contributed by atoms with Crippen molar-refractivity contribution in [3.8, 4) is 16.9 Å². The van der Waals surface area contributed by atoms with E-state index in [1.165, 1.54) is 16.7 Å². The van der Waals surface area contributed by atoms with Gasteiger partial charge in [0.05, 0.1) is 5.52 Å². The zero-order chi connectivity index (χ0) is 35.7. The average molecular weight is 682 g/mol. The van der Waals surface area contributed by atoms with Crippen molar-refractivity contribution in [3.05, 3.63) is 84.6 Å². The Morgan fingerprint density at radius 2 is 1.23 bits per heavy atom. The number of para-hydroxylation sites is 1. The van der Waals surface area contributed by atoms with Gasteiger partial charge in [-0.15, -0.1) is 13.2 Å². The summed E-state index contributed by atoms with van der Waals surface area (Å²) in [5, 5.41) is 17.9. The average Bonchev–Trinajstić information content (AvgIpc) is 3.33. The number of carboxylic acids is 2. The molecule has 4 aromatic rings. The Bertz CT molecular complexity index is 1660. The Morgan fingerprint density at radius 1 is 0.745 bits per heavy atom. The number of halogens is 9. The number of aliphatic carboxylic acids is 2. The van der Waals surface area contributed by atoms with Crippen LogP contribution in [0.15, 0.2) is 79.0 Å². The van der Waals surface area contributed by atoms with Gasteiger partial charge >= 0.3 is 36.7 Å². The molecule has 0 radical (unpaired) electrons. The fraction of sp³-hybridized carbons (Fsp3) is 0.207. The minimum Gasteiger partial charge on any atom is -0.475 e. The maximum atomic E-state index is 13.1. The van der Waals surface area contributed by atoms with Crippen molar-refractivity contribution in [1.29, 1.82) is 0 Å². The lowest BCUT2D eigenvalue weighted by Gasteiger charge is -2.13.